The van der Waals surface area contributed by atoms with E-state index in [4.69, 9.17) is 5.26 Å². The second kappa shape index (κ2) is 6.45. The van der Waals surface area contributed by atoms with Crippen LogP contribution in [0.4, 0.5) is 15.9 Å². The van der Waals surface area contributed by atoms with Crippen molar-refractivity contribution in [3.8, 4) is 6.07 Å². The first-order valence-electron chi connectivity index (χ1n) is 7.69. The Kier molecular flexibility index (Phi) is 4.33. The maximum absolute atomic E-state index is 13.8. The largest absolute Gasteiger partial charge is 0.373 e. The van der Waals surface area contributed by atoms with Gasteiger partial charge in [0.2, 0.25) is 5.91 Å². The summed E-state index contributed by atoms with van der Waals surface area (Å²) in [6.45, 7) is 3.07. The minimum atomic E-state index is -1.10. The van der Waals surface area contributed by atoms with Crippen LogP contribution in [-0.2, 0) is 4.79 Å². The number of benzene rings is 1. The molecule has 3 rings (SSSR count). The highest BCUT2D eigenvalue weighted by atomic mass is 19.1. The first-order valence-corrected chi connectivity index (χ1v) is 7.69. The third-order valence-corrected chi connectivity index (χ3v) is 4.28. The summed E-state index contributed by atoms with van der Waals surface area (Å²) < 4.78 is 13.8. The molecule has 1 amide bonds. The number of carbonyl (C=O) groups excluding carboxylic acids is 1. The lowest BCUT2D eigenvalue weighted by Crippen LogP contribution is -2.50. The molecule has 0 bridgehead atoms. The van der Waals surface area contributed by atoms with Gasteiger partial charge in [-0.15, -0.1) is 0 Å². The molecule has 0 spiro atoms. The van der Waals surface area contributed by atoms with Gasteiger partial charge in [0.15, 0.2) is 11.5 Å². The van der Waals surface area contributed by atoms with Crippen LogP contribution >= 0.6 is 0 Å². The molecule has 25 heavy (non-hydrogen) atoms. The van der Waals surface area contributed by atoms with Crippen molar-refractivity contribution in [3.05, 3.63) is 47.7 Å². The molecule has 0 fully saturated rings. The highest BCUT2D eigenvalue weighted by Crippen LogP contribution is 2.42. The molecular weight excluding hydrogens is 325 g/mol. The molecule has 7 nitrogen and oxygen atoms in total. The number of nitriles is 1. The van der Waals surface area contributed by atoms with Gasteiger partial charge in [0.25, 0.3) is 0 Å². The summed E-state index contributed by atoms with van der Waals surface area (Å²) in [5, 5.41) is 22.8. The van der Waals surface area contributed by atoms with Gasteiger partial charge in [-0.1, -0.05) is 6.92 Å². The van der Waals surface area contributed by atoms with Gasteiger partial charge in [-0.3, -0.25) is 9.69 Å². The van der Waals surface area contributed by atoms with Gasteiger partial charge in [0.1, 0.15) is 18.1 Å². The van der Waals surface area contributed by atoms with Gasteiger partial charge in [0, 0.05) is 30.8 Å². The Bertz CT molecular complexity index is 866. The average molecular weight is 341 g/mol. The molecule has 1 aromatic carbocycles. The Labute approximate surface area is 143 Å². The second-order valence-corrected chi connectivity index (χ2v) is 5.85. The van der Waals surface area contributed by atoms with Crippen molar-refractivity contribution in [2.45, 2.75) is 26.1 Å². The molecular formula is C17H16FN5O2. The number of amides is 1. The number of anilines is 2. The number of aliphatic hydroxyl groups is 1. The molecule has 1 aromatic heterocycles. The van der Waals surface area contributed by atoms with Crippen LogP contribution in [0.1, 0.15) is 31.1 Å². The molecule has 0 saturated carbocycles. The van der Waals surface area contributed by atoms with E-state index in [1.165, 1.54) is 42.4 Å². The van der Waals surface area contributed by atoms with E-state index in [1.807, 2.05) is 6.07 Å². The van der Waals surface area contributed by atoms with Crippen LogP contribution in [0.5, 0.6) is 0 Å². The number of fused-ring (bicyclic) bond motifs is 1. The molecule has 1 aliphatic rings. The van der Waals surface area contributed by atoms with Gasteiger partial charge in [-0.25, -0.2) is 14.4 Å². The van der Waals surface area contributed by atoms with Crippen molar-refractivity contribution in [1.82, 2.24) is 9.97 Å². The predicted octanol–water partition coefficient (Wildman–Crippen LogP) is 1.96. The van der Waals surface area contributed by atoms with Crippen molar-refractivity contribution < 1.29 is 14.3 Å². The number of hydrogen-bond donors (Lipinski definition) is 2. The Morgan fingerprint density at radius 3 is 2.80 bits per heavy atom. The van der Waals surface area contributed by atoms with Crippen LogP contribution < -0.4 is 10.2 Å². The van der Waals surface area contributed by atoms with E-state index in [9.17, 15) is 14.3 Å². The Balaban J connectivity index is 2.10. The Morgan fingerprint density at radius 2 is 2.12 bits per heavy atom. The van der Waals surface area contributed by atoms with Crippen molar-refractivity contribution in [1.29, 1.82) is 5.26 Å². The predicted molar refractivity (Wildman–Crippen MR) is 87.8 cm³/mol. The van der Waals surface area contributed by atoms with Gasteiger partial charge in [-0.2, -0.15) is 5.26 Å². The molecule has 0 saturated heterocycles. The Hall–Kier alpha value is -3.05. The third-order valence-electron chi connectivity index (χ3n) is 4.28. The number of aromatic nitrogens is 2. The molecule has 0 radical (unpaired) electrons. The highest BCUT2D eigenvalue weighted by molar-refractivity contribution is 5.93. The highest BCUT2D eigenvalue weighted by Gasteiger charge is 2.40. The topological polar surface area (TPSA) is 102 Å². The summed E-state index contributed by atoms with van der Waals surface area (Å²) in [5.41, 5.74) is 1.01. The monoisotopic (exact) mass is 341 g/mol. The van der Waals surface area contributed by atoms with E-state index >= 15 is 0 Å². The van der Waals surface area contributed by atoms with E-state index in [0.29, 0.717) is 11.3 Å². The third kappa shape index (κ3) is 2.90. The number of rotatable bonds is 2. The number of aliphatic hydroxyl groups excluding tert-OH is 1. The number of nitrogens with one attached hydrogen (secondary N) is 1. The first-order chi connectivity index (χ1) is 11.9. The quantitative estimate of drug-likeness (QED) is 0.866. The standard InChI is InChI=1S/C17H16FN5O2/c1-9-15(22-16-13(8-19)20-5-6-21-16)12-7-11(18)3-4-14(12)23(10(2)24)17(9)25/h3-7,9,15,17,25H,1-2H3,(H,21,22)/t9-,15-,17+/m1/s1. The summed E-state index contributed by atoms with van der Waals surface area (Å²) in [5.74, 6) is -1.05. The van der Waals surface area contributed by atoms with Gasteiger partial charge in [-0.05, 0) is 18.2 Å². The van der Waals surface area contributed by atoms with Crippen LogP contribution in [0.3, 0.4) is 0 Å². The lowest BCUT2D eigenvalue weighted by atomic mass is 9.86. The number of carbonyl (C=O) groups is 1. The van der Waals surface area contributed by atoms with Crippen LogP contribution in [0.15, 0.2) is 30.6 Å². The summed E-state index contributed by atoms with van der Waals surface area (Å²) >= 11 is 0. The summed E-state index contributed by atoms with van der Waals surface area (Å²) in [4.78, 5) is 21.2. The zero-order valence-corrected chi connectivity index (χ0v) is 13.6. The van der Waals surface area contributed by atoms with E-state index < -0.39 is 24.0 Å². The summed E-state index contributed by atoms with van der Waals surface area (Å²) in [6.07, 6.45) is 1.73. The maximum Gasteiger partial charge on any atom is 0.225 e. The first kappa shape index (κ1) is 16.8. The lowest BCUT2D eigenvalue weighted by molar-refractivity contribution is -0.119. The summed E-state index contributed by atoms with van der Waals surface area (Å²) in [6, 6.07) is 5.38. The van der Waals surface area contributed by atoms with Crippen molar-refractivity contribution in [2.75, 3.05) is 10.2 Å². The summed E-state index contributed by atoms with van der Waals surface area (Å²) in [7, 11) is 0. The fourth-order valence-corrected chi connectivity index (χ4v) is 3.06. The van der Waals surface area contributed by atoms with Crippen molar-refractivity contribution in [2.24, 2.45) is 5.92 Å². The van der Waals surface area contributed by atoms with E-state index in [2.05, 4.69) is 15.3 Å². The fraction of sp³-hybridized carbons (Fsp3) is 0.294. The minimum Gasteiger partial charge on any atom is -0.373 e. The number of halogens is 1. The van der Waals surface area contributed by atoms with Gasteiger partial charge >= 0.3 is 0 Å². The van der Waals surface area contributed by atoms with Crippen LogP contribution in [0.25, 0.3) is 0 Å². The SMILES string of the molecule is CC(=O)N1c2ccc(F)cc2[C@H](Nc2nccnc2C#N)[C@@H](C)[C@@H]1O. The molecule has 3 atom stereocenters. The van der Waals surface area contributed by atoms with Crippen molar-refractivity contribution in [3.63, 3.8) is 0 Å². The van der Waals surface area contributed by atoms with Crippen LogP contribution in [-0.4, -0.2) is 27.2 Å². The molecule has 0 unspecified atom stereocenters. The van der Waals surface area contributed by atoms with E-state index in [1.54, 1.807) is 6.92 Å². The normalized spacial score (nSPS) is 22.0. The Morgan fingerprint density at radius 1 is 1.40 bits per heavy atom. The second-order valence-electron chi connectivity index (χ2n) is 5.85. The molecule has 1 aliphatic heterocycles. The maximum atomic E-state index is 13.8. The van der Waals surface area contributed by atoms with Gasteiger partial charge < -0.3 is 10.4 Å². The molecule has 2 N–H and O–H groups in total. The zero-order chi connectivity index (χ0) is 18.1. The molecule has 2 aromatic rings. The molecule has 2 heterocycles. The fourth-order valence-electron chi connectivity index (χ4n) is 3.06. The zero-order valence-electron chi connectivity index (χ0n) is 13.6. The molecule has 8 heteroatoms. The van der Waals surface area contributed by atoms with Crippen LogP contribution in [0.2, 0.25) is 0 Å². The van der Waals surface area contributed by atoms with Gasteiger partial charge in [0.05, 0.1) is 11.7 Å². The van der Waals surface area contributed by atoms with E-state index in [0.717, 1.165) is 0 Å². The minimum absolute atomic E-state index is 0.0936. The smallest absolute Gasteiger partial charge is 0.225 e. The van der Waals surface area contributed by atoms with Crippen LogP contribution in [0, 0.1) is 23.1 Å². The lowest BCUT2D eigenvalue weighted by Gasteiger charge is -2.42. The average Bonchev–Trinajstić information content (AvgIpc) is 2.59. The number of hydrogen-bond acceptors (Lipinski definition) is 6. The molecule has 0 aliphatic carbocycles. The number of nitrogens with zero attached hydrogens (tertiary/aromatic N) is 4. The van der Waals surface area contributed by atoms with Crippen molar-refractivity contribution >= 4 is 17.4 Å². The van der Waals surface area contributed by atoms with E-state index in [-0.39, 0.29) is 17.4 Å². The molecule has 128 valence electrons.